The Balaban J connectivity index is 0.752. The molecule has 2 fully saturated rings. The van der Waals surface area contributed by atoms with Crippen molar-refractivity contribution >= 4 is 79.6 Å². The third-order valence-corrected chi connectivity index (χ3v) is 18.3. The molecule has 0 bridgehead atoms. The molecule has 24 heteroatoms. The molecule has 0 spiro atoms. The second-order valence-corrected chi connectivity index (χ2v) is 26.1. The summed E-state index contributed by atoms with van der Waals surface area (Å²) in [6.07, 6.45) is 25.2. The Bertz CT molecular complexity index is 3140. The molecular formula is C72H103BrN8O15. The van der Waals surface area contributed by atoms with E-state index in [0.717, 1.165) is 68.9 Å². The molecule has 3 amide bonds. The molecule has 1 unspecified atom stereocenters. The van der Waals surface area contributed by atoms with Gasteiger partial charge in [0.15, 0.2) is 17.3 Å². The number of hydrogen-bond acceptors (Lipinski definition) is 19. The highest BCUT2D eigenvalue weighted by molar-refractivity contribution is 9.10. The van der Waals surface area contributed by atoms with E-state index in [2.05, 4.69) is 58.3 Å². The maximum absolute atomic E-state index is 14.4. The third kappa shape index (κ3) is 27.3. The number of esters is 2. The topological polar surface area (TPSA) is 293 Å². The summed E-state index contributed by atoms with van der Waals surface area (Å²) in [7, 11) is 2.69. The van der Waals surface area contributed by atoms with Crippen molar-refractivity contribution < 1.29 is 71.6 Å². The number of rotatable bonds is 52. The number of ether oxygens (including phenoxy) is 6. The fourth-order valence-electron chi connectivity index (χ4n) is 12.4. The van der Waals surface area contributed by atoms with Crippen LogP contribution in [0.5, 0.6) is 0 Å². The van der Waals surface area contributed by atoms with Crippen LogP contribution in [-0.4, -0.2) is 174 Å². The Labute approximate surface area is 574 Å². The van der Waals surface area contributed by atoms with Gasteiger partial charge in [0.25, 0.3) is 0 Å². The van der Waals surface area contributed by atoms with Crippen molar-refractivity contribution in [2.75, 3.05) is 73.6 Å². The molecule has 5 atom stereocenters. The number of nitrogens with zero attached hydrogens (tertiary/aromatic N) is 6. The SMILES string of the molecule is CCCCC1[C@@H]2[C@H]1C[C@@H](C(=O)Cc1nc(Br)ccc1C)N2C(=O)Cn1nc(C(C)=O)c2cc(-c3cnc(CCC(=O)COCCOCCNC(=O)COCCOCCCC(=O)CC[C@H](NC(=O)CCCCCCCCCCCCCCCCC(=O)OC)C(=O)OC)nc3)ccc21. The van der Waals surface area contributed by atoms with Crippen LogP contribution in [0.3, 0.4) is 0 Å². The number of carbonyl (C=O) groups is 9. The molecule has 6 rings (SSSR count). The van der Waals surface area contributed by atoms with Gasteiger partial charge in [-0.3, -0.25) is 43.0 Å². The number of hydrogen-bond donors (Lipinski definition) is 2. The Morgan fingerprint density at radius 3 is 1.97 bits per heavy atom. The molecule has 0 radical (unpaired) electrons. The fraction of sp³-hybridized carbons (Fsp3) is 0.653. The molecule has 2 aliphatic rings. The normalized spacial score (nSPS) is 15.9. The number of unbranched alkanes of at least 4 members (excludes halogenated alkanes) is 14. The van der Waals surface area contributed by atoms with Crippen LogP contribution in [0.25, 0.3) is 22.0 Å². The maximum atomic E-state index is 14.4. The number of benzene rings is 1. The minimum atomic E-state index is -0.880. The molecule has 4 heterocycles. The Kier molecular flexibility index (Phi) is 35.5. The summed E-state index contributed by atoms with van der Waals surface area (Å²) in [4.78, 5) is 130. The van der Waals surface area contributed by atoms with Crippen molar-refractivity contribution in [2.45, 2.75) is 219 Å². The van der Waals surface area contributed by atoms with E-state index in [9.17, 15) is 43.2 Å². The van der Waals surface area contributed by atoms with Gasteiger partial charge in [0, 0.05) is 88.0 Å². The smallest absolute Gasteiger partial charge is 0.328 e. The van der Waals surface area contributed by atoms with Gasteiger partial charge in [-0.2, -0.15) is 5.10 Å². The lowest BCUT2D eigenvalue weighted by Gasteiger charge is -2.28. The molecule has 96 heavy (non-hydrogen) atoms. The van der Waals surface area contributed by atoms with Crippen molar-refractivity contribution in [2.24, 2.45) is 11.8 Å². The fourth-order valence-corrected chi connectivity index (χ4v) is 12.8. The predicted molar refractivity (Wildman–Crippen MR) is 365 cm³/mol. The number of amides is 3. The molecule has 3 aromatic heterocycles. The van der Waals surface area contributed by atoms with E-state index in [-0.39, 0.29) is 156 Å². The molecule has 1 saturated carbocycles. The van der Waals surface area contributed by atoms with Gasteiger partial charge < -0.3 is 44.0 Å². The summed E-state index contributed by atoms with van der Waals surface area (Å²) in [6, 6.07) is 7.89. The van der Waals surface area contributed by atoms with Crippen LogP contribution in [0, 0.1) is 18.8 Å². The first kappa shape index (κ1) is 78.3. The number of pyridine rings is 1. The number of likely N-dealkylation sites (tertiary alicyclic amines) is 1. The molecule has 1 aliphatic carbocycles. The molecule has 528 valence electrons. The molecule has 1 aliphatic heterocycles. The van der Waals surface area contributed by atoms with Crippen molar-refractivity contribution in [3.63, 3.8) is 0 Å². The highest BCUT2D eigenvalue weighted by Crippen LogP contribution is 2.56. The van der Waals surface area contributed by atoms with Crippen LogP contribution in [0.2, 0.25) is 0 Å². The highest BCUT2D eigenvalue weighted by atomic mass is 79.9. The summed E-state index contributed by atoms with van der Waals surface area (Å²) in [6.45, 7) is 6.77. The van der Waals surface area contributed by atoms with E-state index in [1.807, 2.05) is 42.2 Å². The second kappa shape index (κ2) is 43.5. The first-order valence-electron chi connectivity index (χ1n) is 34.8. The van der Waals surface area contributed by atoms with E-state index in [1.165, 1.54) is 72.5 Å². The lowest BCUT2D eigenvalue weighted by Crippen LogP contribution is -2.46. The number of fused-ring (bicyclic) bond motifs is 2. The van der Waals surface area contributed by atoms with Crippen molar-refractivity contribution in [3.05, 3.63) is 70.1 Å². The van der Waals surface area contributed by atoms with Gasteiger partial charge in [-0.1, -0.05) is 109 Å². The van der Waals surface area contributed by atoms with Gasteiger partial charge >= 0.3 is 11.9 Å². The Hall–Kier alpha value is -6.73. The van der Waals surface area contributed by atoms with Crippen LogP contribution in [0.15, 0.2) is 47.3 Å². The van der Waals surface area contributed by atoms with Crippen molar-refractivity contribution in [1.82, 2.24) is 40.3 Å². The number of Topliss-reactive ketones (excluding diaryl/α,β-unsaturated/α-hetero) is 4. The average Bonchev–Trinajstić information content (AvgIpc) is 1.55. The summed E-state index contributed by atoms with van der Waals surface area (Å²) in [5.41, 5.74) is 3.89. The number of aromatic nitrogens is 5. The Morgan fingerprint density at radius 2 is 1.31 bits per heavy atom. The van der Waals surface area contributed by atoms with Crippen molar-refractivity contribution in [3.8, 4) is 11.1 Å². The summed E-state index contributed by atoms with van der Waals surface area (Å²) < 4.78 is 33.8. The van der Waals surface area contributed by atoms with E-state index < -0.39 is 18.1 Å². The predicted octanol–water partition coefficient (Wildman–Crippen LogP) is 10.3. The number of halogens is 1. The summed E-state index contributed by atoms with van der Waals surface area (Å²) in [5, 5.41) is 10.7. The minimum absolute atomic E-state index is 0.00599. The highest BCUT2D eigenvalue weighted by Gasteiger charge is 2.62. The largest absolute Gasteiger partial charge is 0.469 e. The monoisotopic (exact) mass is 1400 g/mol. The average molecular weight is 1400 g/mol. The van der Waals surface area contributed by atoms with E-state index in [1.54, 1.807) is 17.1 Å². The molecule has 1 aromatic carbocycles. The molecular weight excluding hydrogens is 1300 g/mol. The van der Waals surface area contributed by atoms with Crippen LogP contribution in [-0.2, 0) is 86.2 Å². The van der Waals surface area contributed by atoms with Gasteiger partial charge in [-0.25, -0.2) is 19.7 Å². The van der Waals surface area contributed by atoms with Gasteiger partial charge in [-0.05, 0) is 103 Å². The third-order valence-electron chi connectivity index (χ3n) is 17.9. The summed E-state index contributed by atoms with van der Waals surface area (Å²) >= 11 is 3.43. The van der Waals surface area contributed by atoms with E-state index in [0.29, 0.717) is 77.2 Å². The molecule has 4 aromatic rings. The van der Waals surface area contributed by atoms with Crippen LogP contribution in [0.4, 0.5) is 0 Å². The van der Waals surface area contributed by atoms with Crippen LogP contribution >= 0.6 is 15.9 Å². The maximum Gasteiger partial charge on any atom is 0.328 e. The van der Waals surface area contributed by atoms with Gasteiger partial charge in [0.2, 0.25) is 17.7 Å². The zero-order chi connectivity index (χ0) is 69.0. The Morgan fingerprint density at radius 1 is 0.667 bits per heavy atom. The number of nitrogens with one attached hydrogen (secondary N) is 2. The zero-order valence-electron chi connectivity index (χ0n) is 57.3. The quantitative estimate of drug-likeness (QED) is 0.0180. The van der Waals surface area contributed by atoms with Gasteiger partial charge in [0.05, 0.1) is 70.9 Å². The lowest BCUT2D eigenvalue weighted by molar-refractivity contribution is -0.145. The molecule has 2 N–H and O–H groups in total. The zero-order valence-corrected chi connectivity index (χ0v) is 58.9. The molecule has 1 saturated heterocycles. The number of carbonyl (C=O) groups excluding carboxylic acids is 9. The first-order valence-corrected chi connectivity index (χ1v) is 35.6. The summed E-state index contributed by atoms with van der Waals surface area (Å²) in [5.74, 6) is -0.769. The standard InChI is InChI=1S/C72H103BrN8O15/c1-6-7-24-56-57-43-62(63(85)44-60-50(2)27-33-64(73)77-60)81(71(56)57)68(88)47-80-61-32-28-52(42-58(61)70(79-80)51(3)82)53-45-75-65(76-46-53)34-30-55(84)48-95-40-39-94-37-35-74-67(87)49-96-41-38-93-36-22-23-54(83)29-31-59(72(90)92-5)78-66(86)25-20-18-16-14-12-10-8-9-11-13-15-17-19-21-26-69(89)91-4/h27-28,32-33,42,45-46,56-57,59,62,71H,6-26,29-31,34-41,43-44,47-49H2,1-5H3,(H,74,87)(H,78,86)/t56?,57-,59-,62-,71+/m0/s1. The van der Waals surface area contributed by atoms with Gasteiger partial charge in [0.1, 0.15) is 47.7 Å². The molecule has 23 nitrogen and oxygen atoms in total. The van der Waals surface area contributed by atoms with Crippen LogP contribution < -0.4 is 10.6 Å². The first-order chi connectivity index (χ1) is 46.5. The lowest BCUT2D eigenvalue weighted by atomic mass is 9.98. The van der Waals surface area contributed by atoms with E-state index in [4.69, 9.17) is 23.7 Å². The van der Waals surface area contributed by atoms with Gasteiger partial charge in [-0.15, -0.1) is 0 Å². The number of ketones is 4. The van der Waals surface area contributed by atoms with E-state index >= 15 is 0 Å². The number of piperidine rings is 1. The van der Waals surface area contributed by atoms with Crippen molar-refractivity contribution in [1.29, 1.82) is 0 Å². The minimum Gasteiger partial charge on any atom is -0.469 e. The van der Waals surface area contributed by atoms with Crippen LogP contribution in [0.1, 0.15) is 202 Å². The number of aryl methyl sites for hydroxylation is 2. The number of methoxy groups -OCH3 is 2. The second-order valence-electron chi connectivity index (χ2n) is 25.3.